The van der Waals surface area contributed by atoms with Gasteiger partial charge in [-0.15, -0.1) is 0 Å². The molecule has 1 aromatic heterocycles. The molecule has 3 heteroatoms. The van der Waals surface area contributed by atoms with Gasteiger partial charge in [0, 0.05) is 15.7 Å². The molecule has 70 valence electrons. The fourth-order valence-corrected chi connectivity index (χ4v) is 1.50. The van der Waals surface area contributed by atoms with Crippen LogP contribution >= 0.6 is 15.9 Å². The lowest BCUT2D eigenvalue weighted by atomic mass is 10.1. The Kier molecular flexibility index (Phi) is 2.59. The molecule has 1 aromatic carbocycles. The maximum Gasteiger partial charge on any atom is 0.116 e. The van der Waals surface area contributed by atoms with E-state index < -0.39 is 0 Å². The Morgan fingerprint density at radius 1 is 1.07 bits per heavy atom. The molecule has 2 rings (SSSR count). The van der Waals surface area contributed by atoms with E-state index in [2.05, 4.69) is 25.9 Å². The van der Waals surface area contributed by atoms with Gasteiger partial charge in [0.1, 0.15) is 6.33 Å². The summed E-state index contributed by atoms with van der Waals surface area (Å²) in [6, 6.07) is 10.1. The minimum absolute atomic E-state index is 0.963. The van der Waals surface area contributed by atoms with Crippen LogP contribution in [-0.2, 0) is 0 Å². The van der Waals surface area contributed by atoms with Gasteiger partial charge >= 0.3 is 0 Å². The molecule has 0 amide bonds. The van der Waals surface area contributed by atoms with Crippen LogP contribution in [0.2, 0.25) is 0 Å². The monoisotopic (exact) mass is 248 g/mol. The van der Waals surface area contributed by atoms with Gasteiger partial charge in [-0.05, 0) is 25.1 Å². The zero-order valence-electron chi connectivity index (χ0n) is 7.74. The molecular formula is C11H9BrN2. The van der Waals surface area contributed by atoms with Gasteiger partial charge in [0.25, 0.3) is 0 Å². The highest BCUT2D eigenvalue weighted by Crippen LogP contribution is 2.19. The van der Waals surface area contributed by atoms with Crippen molar-refractivity contribution < 1.29 is 0 Å². The topological polar surface area (TPSA) is 25.8 Å². The number of nitrogens with zero attached hydrogens (tertiary/aromatic N) is 2. The summed E-state index contributed by atoms with van der Waals surface area (Å²) in [5.74, 6) is 0. The van der Waals surface area contributed by atoms with Gasteiger partial charge in [0.15, 0.2) is 0 Å². The number of rotatable bonds is 1. The first-order valence-corrected chi connectivity index (χ1v) is 5.09. The van der Waals surface area contributed by atoms with E-state index >= 15 is 0 Å². The van der Waals surface area contributed by atoms with Crippen molar-refractivity contribution in [3.05, 3.63) is 46.8 Å². The zero-order chi connectivity index (χ0) is 9.97. The lowest BCUT2D eigenvalue weighted by molar-refractivity contribution is 1.11. The maximum atomic E-state index is 4.21. The van der Waals surface area contributed by atoms with E-state index in [0.717, 1.165) is 21.4 Å². The summed E-state index contributed by atoms with van der Waals surface area (Å²) in [6.45, 7) is 1.96. The van der Waals surface area contributed by atoms with Gasteiger partial charge in [-0.1, -0.05) is 28.1 Å². The SMILES string of the molecule is Cc1cc(-c2ccc(Br)cc2)ncn1. The predicted octanol–water partition coefficient (Wildman–Crippen LogP) is 3.21. The molecule has 0 radical (unpaired) electrons. The van der Waals surface area contributed by atoms with Crippen molar-refractivity contribution in [3.8, 4) is 11.3 Å². The fourth-order valence-electron chi connectivity index (χ4n) is 1.23. The molecule has 0 saturated carbocycles. The fraction of sp³-hybridized carbons (Fsp3) is 0.0909. The zero-order valence-corrected chi connectivity index (χ0v) is 9.32. The molecule has 1 heterocycles. The molecule has 0 aliphatic rings. The largest absolute Gasteiger partial charge is 0.242 e. The van der Waals surface area contributed by atoms with E-state index in [1.165, 1.54) is 0 Å². The lowest BCUT2D eigenvalue weighted by Gasteiger charge is -2.00. The summed E-state index contributed by atoms with van der Waals surface area (Å²) in [5, 5.41) is 0. The molecule has 0 atom stereocenters. The Morgan fingerprint density at radius 3 is 2.43 bits per heavy atom. The highest BCUT2D eigenvalue weighted by molar-refractivity contribution is 9.10. The molecule has 14 heavy (non-hydrogen) atoms. The van der Waals surface area contributed by atoms with Crippen LogP contribution in [0.15, 0.2) is 41.1 Å². The van der Waals surface area contributed by atoms with E-state index in [9.17, 15) is 0 Å². The van der Waals surface area contributed by atoms with Crippen molar-refractivity contribution in [1.29, 1.82) is 0 Å². The quantitative estimate of drug-likeness (QED) is 0.775. The number of hydrogen-bond acceptors (Lipinski definition) is 2. The normalized spacial score (nSPS) is 10.1. The number of aryl methyl sites for hydroxylation is 1. The third-order valence-corrected chi connectivity index (χ3v) is 2.47. The van der Waals surface area contributed by atoms with Gasteiger partial charge in [-0.25, -0.2) is 9.97 Å². The van der Waals surface area contributed by atoms with Crippen molar-refractivity contribution in [3.63, 3.8) is 0 Å². The molecular weight excluding hydrogens is 240 g/mol. The Hall–Kier alpha value is -1.22. The molecule has 0 spiro atoms. The highest BCUT2D eigenvalue weighted by Gasteiger charge is 1.98. The van der Waals surface area contributed by atoms with Crippen LogP contribution in [0.25, 0.3) is 11.3 Å². The summed E-state index contributed by atoms with van der Waals surface area (Å²) < 4.78 is 1.08. The van der Waals surface area contributed by atoms with Crippen LogP contribution in [0.5, 0.6) is 0 Å². The van der Waals surface area contributed by atoms with Crippen molar-refractivity contribution in [2.75, 3.05) is 0 Å². The summed E-state index contributed by atoms with van der Waals surface area (Å²) in [4.78, 5) is 8.28. The van der Waals surface area contributed by atoms with E-state index in [1.807, 2.05) is 37.3 Å². The second-order valence-electron chi connectivity index (χ2n) is 3.05. The van der Waals surface area contributed by atoms with E-state index in [4.69, 9.17) is 0 Å². The number of halogens is 1. The lowest BCUT2D eigenvalue weighted by Crippen LogP contribution is -1.87. The van der Waals surface area contributed by atoms with Crippen LogP contribution in [0, 0.1) is 6.92 Å². The summed E-state index contributed by atoms with van der Waals surface area (Å²) in [5.41, 5.74) is 3.06. The minimum Gasteiger partial charge on any atom is -0.242 e. The van der Waals surface area contributed by atoms with Crippen LogP contribution in [0.1, 0.15) is 5.69 Å². The minimum atomic E-state index is 0.963. The van der Waals surface area contributed by atoms with Crippen LogP contribution in [0.4, 0.5) is 0 Å². The number of benzene rings is 1. The first-order valence-electron chi connectivity index (χ1n) is 4.30. The summed E-state index contributed by atoms with van der Waals surface area (Å²) >= 11 is 3.40. The predicted molar refractivity (Wildman–Crippen MR) is 59.9 cm³/mol. The molecule has 0 unspecified atom stereocenters. The van der Waals surface area contributed by atoms with Crippen LogP contribution < -0.4 is 0 Å². The second-order valence-corrected chi connectivity index (χ2v) is 3.97. The summed E-state index contributed by atoms with van der Waals surface area (Å²) in [6.07, 6.45) is 1.59. The third kappa shape index (κ3) is 1.99. The molecule has 0 N–H and O–H groups in total. The first kappa shape index (κ1) is 9.34. The van der Waals surface area contributed by atoms with Crippen molar-refractivity contribution in [2.45, 2.75) is 6.92 Å². The van der Waals surface area contributed by atoms with Gasteiger partial charge in [0.2, 0.25) is 0 Å². The molecule has 0 saturated heterocycles. The Balaban J connectivity index is 2.44. The number of aromatic nitrogens is 2. The smallest absolute Gasteiger partial charge is 0.116 e. The molecule has 2 nitrogen and oxygen atoms in total. The summed E-state index contributed by atoms with van der Waals surface area (Å²) in [7, 11) is 0. The Labute approximate surface area is 91.2 Å². The van der Waals surface area contributed by atoms with Gasteiger partial charge < -0.3 is 0 Å². The van der Waals surface area contributed by atoms with Gasteiger partial charge in [0.05, 0.1) is 5.69 Å². The van der Waals surface area contributed by atoms with E-state index in [0.29, 0.717) is 0 Å². The van der Waals surface area contributed by atoms with E-state index in [-0.39, 0.29) is 0 Å². The van der Waals surface area contributed by atoms with Crippen molar-refractivity contribution >= 4 is 15.9 Å². The third-order valence-electron chi connectivity index (χ3n) is 1.94. The second kappa shape index (κ2) is 3.88. The van der Waals surface area contributed by atoms with E-state index in [1.54, 1.807) is 6.33 Å². The van der Waals surface area contributed by atoms with Crippen molar-refractivity contribution in [2.24, 2.45) is 0 Å². The maximum absolute atomic E-state index is 4.21. The molecule has 0 fully saturated rings. The average molecular weight is 249 g/mol. The number of hydrogen-bond donors (Lipinski definition) is 0. The average Bonchev–Trinajstić information content (AvgIpc) is 2.19. The highest BCUT2D eigenvalue weighted by atomic mass is 79.9. The first-order chi connectivity index (χ1) is 6.75. The Morgan fingerprint density at radius 2 is 1.79 bits per heavy atom. The van der Waals surface area contributed by atoms with Crippen molar-refractivity contribution in [1.82, 2.24) is 9.97 Å². The Bertz CT molecular complexity index is 437. The molecule has 0 aliphatic heterocycles. The molecule has 2 aromatic rings. The van der Waals surface area contributed by atoms with Crippen LogP contribution in [0.3, 0.4) is 0 Å². The standard InChI is InChI=1S/C11H9BrN2/c1-8-6-11(14-7-13-8)9-2-4-10(12)5-3-9/h2-7H,1H3. The van der Waals surface area contributed by atoms with Crippen LogP contribution in [-0.4, -0.2) is 9.97 Å². The van der Waals surface area contributed by atoms with Gasteiger partial charge in [-0.2, -0.15) is 0 Å². The van der Waals surface area contributed by atoms with Gasteiger partial charge in [-0.3, -0.25) is 0 Å². The molecule has 0 bridgehead atoms. The molecule has 0 aliphatic carbocycles.